The van der Waals surface area contributed by atoms with Gasteiger partial charge in [0, 0.05) is 6.54 Å². The first-order valence-corrected chi connectivity index (χ1v) is 7.24. The Labute approximate surface area is 123 Å². The molecule has 7 nitrogen and oxygen atoms in total. The van der Waals surface area contributed by atoms with E-state index in [1.807, 2.05) is 6.92 Å². The van der Waals surface area contributed by atoms with Gasteiger partial charge in [0.1, 0.15) is 0 Å². The predicted octanol–water partition coefficient (Wildman–Crippen LogP) is 2.18. The first kappa shape index (κ1) is 15.3. The van der Waals surface area contributed by atoms with E-state index >= 15 is 0 Å². The summed E-state index contributed by atoms with van der Waals surface area (Å²) in [5.74, 6) is -0.821. The van der Waals surface area contributed by atoms with Crippen LogP contribution in [0.2, 0.25) is 0 Å². The van der Waals surface area contributed by atoms with Crippen LogP contribution in [0.25, 0.3) is 0 Å². The number of nitrogens with one attached hydrogen (secondary N) is 3. The van der Waals surface area contributed by atoms with Gasteiger partial charge in [-0.2, -0.15) is 5.10 Å². The number of amides is 2. The van der Waals surface area contributed by atoms with E-state index in [0.29, 0.717) is 24.2 Å². The summed E-state index contributed by atoms with van der Waals surface area (Å²) in [5, 5.41) is 21.7. The summed E-state index contributed by atoms with van der Waals surface area (Å²) in [5.41, 5.74) is 1.29. The number of carboxylic acid groups (broad SMARTS) is 1. The van der Waals surface area contributed by atoms with Crippen LogP contribution >= 0.6 is 0 Å². The van der Waals surface area contributed by atoms with E-state index in [-0.39, 0.29) is 6.54 Å². The van der Waals surface area contributed by atoms with Gasteiger partial charge < -0.3 is 15.7 Å². The van der Waals surface area contributed by atoms with Crippen molar-refractivity contribution >= 4 is 17.7 Å². The van der Waals surface area contributed by atoms with Crippen LogP contribution in [0.3, 0.4) is 0 Å². The van der Waals surface area contributed by atoms with Gasteiger partial charge >= 0.3 is 12.0 Å². The largest absolute Gasteiger partial charge is 0.481 e. The van der Waals surface area contributed by atoms with Crippen LogP contribution < -0.4 is 10.6 Å². The third-order valence-corrected chi connectivity index (χ3v) is 4.22. The molecule has 2 rings (SSSR count). The molecule has 1 fully saturated rings. The molecule has 0 radical (unpaired) electrons. The van der Waals surface area contributed by atoms with Crippen molar-refractivity contribution in [1.82, 2.24) is 15.5 Å². The van der Waals surface area contributed by atoms with Crippen molar-refractivity contribution in [2.24, 2.45) is 5.41 Å². The molecule has 0 saturated heterocycles. The molecule has 2 amide bonds. The van der Waals surface area contributed by atoms with Crippen molar-refractivity contribution in [2.75, 3.05) is 11.9 Å². The highest BCUT2D eigenvalue weighted by molar-refractivity contribution is 5.90. The maximum Gasteiger partial charge on any atom is 0.319 e. The average Bonchev–Trinajstić information content (AvgIpc) is 2.78. The lowest BCUT2D eigenvalue weighted by Crippen LogP contribution is -2.45. The zero-order valence-electron chi connectivity index (χ0n) is 12.5. The van der Waals surface area contributed by atoms with Crippen LogP contribution in [0.1, 0.15) is 43.5 Å². The Morgan fingerprint density at radius 3 is 2.48 bits per heavy atom. The minimum Gasteiger partial charge on any atom is -0.481 e. The average molecular weight is 294 g/mol. The van der Waals surface area contributed by atoms with Gasteiger partial charge in [-0.05, 0) is 26.7 Å². The van der Waals surface area contributed by atoms with Gasteiger partial charge in [0.25, 0.3) is 0 Å². The predicted molar refractivity (Wildman–Crippen MR) is 78.2 cm³/mol. The van der Waals surface area contributed by atoms with Crippen molar-refractivity contribution in [1.29, 1.82) is 0 Å². The molecular weight excluding hydrogens is 272 g/mol. The highest BCUT2D eigenvalue weighted by Gasteiger charge is 2.39. The Morgan fingerprint density at radius 2 is 1.95 bits per heavy atom. The lowest BCUT2D eigenvalue weighted by Gasteiger charge is -2.33. The van der Waals surface area contributed by atoms with E-state index in [1.165, 1.54) is 0 Å². The maximum atomic E-state index is 12.0. The molecule has 4 N–H and O–H groups in total. The number of aromatic amines is 1. The molecule has 0 bridgehead atoms. The number of carboxylic acids is 1. The van der Waals surface area contributed by atoms with E-state index in [0.717, 1.165) is 25.0 Å². The summed E-state index contributed by atoms with van der Waals surface area (Å²) >= 11 is 0. The fourth-order valence-electron chi connectivity index (χ4n) is 2.84. The molecule has 1 aromatic rings. The number of hydrogen-bond acceptors (Lipinski definition) is 3. The van der Waals surface area contributed by atoms with Crippen LogP contribution in [0.5, 0.6) is 0 Å². The van der Waals surface area contributed by atoms with Crippen molar-refractivity contribution in [3.63, 3.8) is 0 Å². The number of aromatic nitrogens is 2. The molecule has 0 unspecified atom stereocenters. The number of aliphatic carboxylic acids is 1. The van der Waals surface area contributed by atoms with Gasteiger partial charge in [0.05, 0.1) is 22.5 Å². The third-order valence-electron chi connectivity index (χ3n) is 4.22. The van der Waals surface area contributed by atoms with Crippen molar-refractivity contribution in [3.8, 4) is 0 Å². The van der Waals surface area contributed by atoms with E-state index in [2.05, 4.69) is 20.8 Å². The summed E-state index contributed by atoms with van der Waals surface area (Å²) in [4.78, 5) is 23.5. The zero-order valence-corrected chi connectivity index (χ0v) is 12.5. The molecule has 0 atom stereocenters. The fraction of sp³-hybridized carbons (Fsp3) is 0.643. The molecule has 1 saturated carbocycles. The van der Waals surface area contributed by atoms with Crippen LogP contribution in [-0.2, 0) is 4.79 Å². The van der Waals surface area contributed by atoms with Gasteiger partial charge in [-0.25, -0.2) is 4.79 Å². The van der Waals surface area contributed by atoms with Crippen molar-refractivity contribution in [3.05, 3.63) is 11.4 Å². The molecule has 0 aliphatic heterocycles. The lowest BCUT2D eigenvalue weighted by atomic mass is 9.74. The number of carbonyl (C=O) groups is 2. The van der Waals surface area contributed by atoms with Crippen LogP contribution in [-0.4, -0.2) is 33.8 Å². The van der Waals surface area contributed by atoms with Gasteiger partial charge in [0.2, 0.25) is 0 Å². The van der Waals surface area contributed by atoms with E-state index < -0.39 is 17.4 Å². The Balaban J connectivity index is 1.95. The number of aryl methyl sites for hydroxylation is 2. The molecule has 0 aromatic carbocycles. The number of hydrogen-bond donors (Lipinski definition) is 4. The van der Waals surface area contributed by atoms with Crippen LogP contribution in [0.15, 0.2) is 0 Å². The summed E-state index contributed by atoms with van der Waals surface area (Å²) in [6, 6.07) is -0.395. The summed E-state index contributed by atoms with van der Waals surface area (Å²) < 4.78 is 0. The SMILES string of the molecule is Cc1n[nH]c(C)c1NC(=O)NCC1(C(=O)O)CCCCC1. The second kappa shape index (κ2) is 6.15. The highest BCUT2D eigenvalue weighted by Crippen LogP contribution is 2.36. The van der Waals surface area contributed by atoms with Gasteiger partial charge in [-0.3, -0.25) is 9.89 Å². The molecule has 21 heavy (non-hydrogen) atoms. The smallest absolute Gasteiger partial charge is 0.319 e. The Morgan fingerprint density at radius 1 is 1.29 bits per heavy atom. The van der Waals surface area contributed by atoms with E-state index in [9.17, 15) is 14.7 Å². The number of anilines is 1. The van der Waals surface area contributed by atoms with Crippen molar-refractivity contribution in [2.45, 2.75) is 46.0 Å². The normalized spacial score (nSPS) is 17.2. The molecule has 1 heterocycles. The molecule has 1 aliphatic rings. The van der Waals surface area contributed by atoms with Gasteiger partial charge in [-0.1, -0.05) is 19.3 Å². The molecular formula is C14H22N4O3. The minimum absolute atomic E-state index is 0.157. The number of nitrogens with zero attached hydrogens (tertiary/aromatic N) is 1. The number of urea groups is 1. The standard InChI is InChI=1S/C14H22N4O3/c1-9-11(10(2)18-17-9)16-13(21)15-8-14(12(19)20)6-4-3-5-7-14/h3-8H2,1-2H3,(H,17,18)(H,19,20)(H2,15,16,21). The molecule has 1 aliphatic carbocycles. The van der Waals surface area contributed by atoms with Crippen LogP contribution in [0.4, 0.5) is 10.5 Å². The quantitative estimate of drug-likeness (QED) is 0.682. The molecule has 0 spiro atoms. The summed E-state index contributed by atoms with van der Waals surface area (Å²) in [6.07, 6.45) is 4.10. The minimum atomic E-state index is -0.823. The third kappa shape index (κ3) is 3.34. The monoisotopic (exact) mass is 294 g/mol. The topological polar surface area (TPSA) is 107 Å². The second-order valence-electron chi connectivity index (χ2n) is 5.76. The second-order valence-corrected chi connectivity index (χ2v) is 5.76. The lowest BCUT2D eigenvalue weighted by molar-refractivity contribution is -0.150. The van der Waals surface area contributed by atoms with E-state index in [4.69, 9.17) is 0 Å². The number of rotatable bonds is 4. The maximum absolute atomic E-state index is 12.0. The Kier molecular flexibility index (Phi) is 4.50. The van der Waals surface area contributed by atoms with Gasteiger partial charge in [0.15, 0.2) is 0 Å². The molecule has 7 heteroatoms. The number of carbonyl (C=O) groups excluding carboxylic acids is 1. The first-order valence-electron chi connectivity index (χ1n) is 7.24. The summed E-state index contributed by atoms with van der Waals surface area (Å²) in [7, 11) is 0. The molecule has 116 valence electrons. The fourth-order valence-corrected chi connectivity index (χ4v) is 2.84. The Hall–Kier alpha value is -2.05. The van der Waals surface area contributed by atoms with Crippen molar-refractivity contribution < 1.29 is 14.7 Å². The molecule has 1 aromatic heterocycles. The van der Waals surface area contributed by atoms with Crippen LogP contribution in [0, 0.1) is 19.3 Å². The highest BCUT2D eigenvalue weighted by atomic mass is 16.4. The zero-order chi connectivity index (χ0) is 15.5. The van der Waals surface area contributed by atoms with E-state index in [1.54, 1.807) is 6.92 Å². The number of H-pyrrole nitrogens is 1. The Bertz CT molecular complexity index is 513. The van der Waals surface area contributed by atoms with Gasteiger partial charge in [-0.15, -0.1) is 0 Å². The first-order chi connectivity index (χ1) is 9.94. The summed E-state index contributed by atoms with van der Waals surface area (Å²) in [6.45, 7) is 3.76.